The van der Waals surface area contributed by atoms with Crippen molar-refractivity contribution in [1.82, 2.24) is 14.5 Å². The summed E-state index contributed by atoms with van der Waals surface area (Å²) in [6, 6.07) is 14.8. The minimum Gasteiger partial charge on any atom is -0.339 e. The van der Waals surface area contributed by atoms with E-state index in [9.17, 15) is 9.59 Å². The van der Waals surface area contributed by atoms with Crippen LogP contribution in [-0.2, 0) is 6.54 Å². The lowest BCUT2D eigenvalue weighted by atomic mass is 10.1. The van der Waals surface area contributed by atoms with Crippen molar-refractivity contribution in [1.29, 1.82) is 0 Å². The summed E-state index contributed by atoms with van der Waals surface area (Å²) in [5.74, 6) is -0.0512. The Morgan fingerprint density at radius 1 is 1.12 bits per heavy atom. The summed E-state index contributed by atoms with van der Waals surface area (Å²) >= 11 is 5.38. The first kappa shape index (κ1) is 18.1. The minimum atomic E-state index is -0.158. The van der Waals surface area contributed by atoms with Crippen LogP contribution in [0.4, 0.5) is 0 Å². The molecule has 1 amide bonds. The van der Waals surface area contributed by atoms with Crippen molar-refractivity contribution < 1.29 is 4.79 Å². The van der Waals surface area contributed by atoms with E-state index in [1.165, 1.54) is 0 Å². The van der Waals surface area contributed by atoms with Crippen LogP contribution in [0.15, 0.2) is 53.3 Å². The summed E-state index contributed by atoms with van der Waals surface area (Å²) in [4.78, 5) is 30.2. The maximum atomic E-state index is 12.9. The second-order valence-electron chi connectivity index (χ2n) is 6.04. The van der Waals surface area contributed by atoms with Gasteiger partial charge < -0.3 is 9.88 Å². The normalized spacial score (nSPS) is 10.8. The fourth-order valence-electron chi connectivity index (χ4n) is 2.99. The second-order valence-corrected chi connectivity index (χ2v) is 6.43. The number of aromatic amines is 1. The molecule has 1 heterocycles. The van der Waals surface area contributed by atoms with Crippen LogP contribution < -0.4 is 5.56 Å². The molecule has 0 saturated heterocycles. The molecule has 2 aromatic carbocycles. The van der Waals surface area contributed by atoms with Crippen molar-refractivity contribution >= 4 is 29.0 Å². The molecule has 0 spiro atoms. The number of fused-ring (bicyclic) bond motifs is 1. The van der Waals surface area contributed by atoms with Crippen molar-refractivity contribution in [2.24, 2.45) is 0 Å². The number of H-pyrrole nitrogens is 1. The van der Waals surface area contributed by atoms with Crippen LogP contribution >= 0.6 is 12.2 Å². The molecule has 0 unspecified atom stereocenters. The standard InChI is InChI=1S/C20H21N3O2S/c1-3-22(4-2)18(24)15-10-11-16-17(12-15)21-20(26)23(19(16)25)13-14-8-6-5-7-9-14/h5-12H,3-4,13H2,1-2H3,(H,21,26). The fourth-order valence-corrected chi connectivity index (χ4v) is 3.25. The van der Waals surface area contributed by atoms with E-state index in [1.54, 1.807) is 27.7 Å². The highest BCUT2D eigenvalue weighted by Gasteiger charge is 2.14. The van der Waals surface area contributed by atoms with Crippen LogP contribution in [0.5, 0.6) is 0 Å². The van der Waals surface area contributed by atoms with Crippen LogP contribution in [-0.4, -0.2) is 33.4 Å². The molecule has 0 aliphatic rings. The number of aromatic nitrogens is 2. The molecule has 3 aromatic rings. The zero-order chi connectivity index (χ0) is 18.7. The molecule has 0 radical (unpaired) electrons. The van der Waals surface area contributed by atoms with E-state index in [4.69, 9.17) is 12.2 Å². The second kappa shape index (κ2) is 7.66. The van der Waals surface area contributed by atoms with Gasteiger partial charge in [0.05, 0.1) is 17.4 Å². The predicted octanol–water partition coefficient (Wildman–Crippen LogP) is 3.59. The summed E-state index contributed by atoms with van der Waals surface area (Å²) in [6.07, 6.45) is 0. The Morgan fingerprint density at radius 2 is 1.81 bits per heavy atom. The van der Waals surface area contributed by atoms with Crippen molar-refractivity contribution in [3.05, 3.63) is 74.8 Å². The third-order valence-electron chi connectivity index (χ3n) is 4.46. The lowest BCUT2D eigenvalue weighted by molar-refractivity contribution is 0.0773. The molecule has 26 heavy (non-hydrogen) atoms. The number of rotatable bonds is 5. The first-order chi connectivity index (χ1) is 12.5. The summed E-state index contributed by atoms with van der Waals surface area (Å²) in [6.45, 7) is 5.57. The number of amides is 1. The SMILES string of the molecule is CCN(CC)C(=O)c1ccc2c(=O)n(Cc3ccccc3)c(=S)[nH]c2c1. The monoisotopic (exact) mass is 367 g/mol. The average Bonchev–Trinajstić information content (AvgIpc) is 2.66. The van der Waals surface area contributed by atoms with Gasteiger partial charge in [-0.3, -0.25) is 14.2 Å². The predicted molar refractivity (Wildman–Crippen MR) is 106 cm³/mol. The lowest BCUT2D eigenvalue weighted by Gasteiger charge is -2.18. The first-order valence-electron chi connectivity index (χ1n) is 8.65. The Kier molecular flexibility index (Phi) is 5.32. The van der Waals surface area contributed by atoms with E-state index < -0.39 is 0 Å². The molecule has 0 atom stereocenters. The molecule has 0 aliphatic heterocycles. The molecular formula is C20H21N3O2S. The van der Waals surface area contributed by atoms with Crippen molar-refractivity contribution in [2.45, 2.75) is 20.4 Å². The molecular weight excluding hydrogens is 346 g/mol. The van der Waals surface area contributed by atoms with Gasteiger partial charge in [0.1, 0.15) is 0 Å². The van der Waals surface area contributed by atoms with Gasteiger partial charge >= 0.3 is 0 Å². The maximum Gasteiger partial charge on any atom is 0.262 e. The zero-order valence-electron chi connectivity index (χ0n) is 14.9. The quantitative estimate of drug-likeness (QED) is 0.701. The lowest BCUT2D eigenvalue weighted by Crippen LogP contribution is -2.30. The Labute approximate surface area is 156 Å². The average molecular weight is 367 g/mol. The summed E-state index contributed by atoms with van der Waals surface area (Å²) in [5, 5.41) is 0.519. The van der Waals surface area contributed by atoms with E-state index in [-0.39, 0.29) is 11.5 Å². The van der Waals surface area contributed by atoms with Crippen LogP contribution in [0.25, 0.3) is 10.9 Å². The van der Waals surface area contributed by atoms with Gasteiger partial charge in [-0.1, -0.05) is 30.3 Å². The molecule has 1 aromatic heterocycles. The van der Waals surface area contributed by atoms with E-state index in [2.05, 4.69) is 4.98 Å². The van der Waals surface area contributed by atoms with E-state index in [0.717, 1.165) is 5.56 Å². The highest BCUT2D eigenvalue weighted by molar-refractivity contribution is 7.71. The molecule has 0 bridgehead atoms. The van der Waals surface area contributed by atoms with Crippen molar-refractivity contribution in [3.63, 3.8) is 0 Å². The Balaban J connectivity index is 2.06. The zero-order valence-corrected chi connectivity index (χ0v) is 15.7. The largest absolute Gasteiger partial charge is 0.339 e. The van der Waals surface area contributed by atoms with Crippen LogP contribution in [0.3, 0.4) is 0 Å². The minimum absolute atomic E-state index is 0.0512. The highest BCUT2D eigenvalue weighted by atomic mass is 32.1. The smallest absolute Gasteiger partial charge is 0.262 e. The Morgan fingerprint density at radius 3 is 2.46 bits per heavy atom. The summed E-state index contributed by atoms with van der Waals surface area (Å²) in [7, 11) is 0. The Bertz CT molecular complexity index is 1050. The van der Waals surface area contributed by atoms with Gasteiger partial charge in [0.25, 0.3) is 11.5 Å². The van der Waals surface area contributed by atoms with Gasteiger partial charge in [-0.15, -0.1) is 0 Å². The molecule has 3 rings (SSSR count). The third-order valence-corrected chi connectivity index (χ3v) is 4.79. The third kappa shape index (κ3) is 3.46. The molecule has 5 nitrogen and oxygen atoms in total. The van der Waals surface area contributed by atoms with Gasteiger partial charge in [-0.25, -0.2) is 0 Å². The van der Waals surface area contributed by atoms with E-state index >= 15 is 0 Å². The van der Waals surface area contributed by atoms with Gasteiger partial charge in [0.2, 0.25) is 0 Å². The number of nitrogens with one attached hydrogen (secondary N) is 1. The fraction of sp³-hybridized carbons (Fsp3) is 0.250. The molecule has 0 aliphatic carbocycles. The summed E-state index contributed by atoms with van der Waals surface area (Å²) in [5.41, 5.74) is 1.98. The molecule has 0 fully saturated rings. The topological polar surface area (TPSA) is 58.1 Å². The van der Waals surface area contributed by atoms with E-state index in [1.807, 2.05) is 44.2 Å². The molecule has 0 saturated carbocycles. The molecule has 6 heteroatoms. The Hall–Kier alpha value is -2.73. The molecule has 1 N–H and O–H groups in total. The van der Waals surface area contributed by atoms with Gasteiger partial charge in [0.15, 0.2) is 4.77 Å². The summed E-state index contributed by atoms with van der Waals surface area (Å²) < 4.78 is 1.89. The number of carbonyl (C=O) groups is 1. The van der Waals surface area contributed by atoms with Crippen molar-refractivity contribution in [3.8, 4) is 0 Å². The van der Waals surface area contributed by atoms with Crippen molar-refractivity contribution in [2.75, 3.05) is 13.1 Å². The van der Waals surface area contributed by atoms with Gasteiger partial charge in [0, 0.05) is 18.7 Å². The number of nitrogens with zero attached hydrogens (tertiary/aromatic N) is 2. The number of hydrogen-bond donors (Lipinski definition) is 1. The molecule has 134 valence electrons. The maximum absolute atomic E-state index is 12.9. The van der Waals surface area contributed by atoms with Gasteiger partial charge in [-0.05, 0) is 49.8 Å². The van der Waals surface area contributed by atoms with Crippen LogP contribution in [0.2, 0.25) is 0 Å². The highest BCUT2D eigenvalue weighted by Crippen LogP contribution is 2.13. The van der Waals surface area contributed by atoms with Crippen LogP contribution in [0.1, 0.15) is 29.8 Å². The number of hydrogen-bond acceptors (Lipinski definition) is 3. The first-order valence-corrected chi connectivity index (χ1v) is 9.06. The van der Waals surface area contributed by atoms with E-state index in [0.29, 0.717) is 40.9 Å². The number of benzene rings is 2. The number of carbonyl (C=O) groups excluding carboxylic acids is 1. The van der Waals surface area contributed by atoms with Crippen LogP contribution in [0, 0.1) is 4.77 Å². The van der Waals surface area contributed by atoms with Gasteiger partial charge in [-0.2, -0.15) is 0 Å².